The fraction of sp³-hybridized carbons (Fsp3) is 0.316. The molecule has 27 heavy (non-hydrogen) atoms. The minimum Gasteiger partial charge on any atom is -0.423 e. The van der Waals surface area contributed by atoms with Gasteiger partial charge in [-0.3, -0.25) is 0 Å². The van der Waals surface area contributed by atoms with Crippen molar-refractivity contribution < 1.29 is 22.7 Å². The molecule has 0 aromatic heterocycles. The van der Waals surface area contributed by atoms with Crippen molar-refractivity contribution >= 4 is 27.6 Å². The van der Waals surface area contributed by atoms with Gasteiger partial charge in [0.25, 0.3) is 0 Å². The molecule has 0 amide bonds. The van der Waals surface area contributed by atoms with E-state index < -0.39 is 16.0 Å². The predicted octanol–water partition coefficient (Wildman–Crippen LogP) is 3.36. The highest BCUT2D eigenvalue weighted by atomic mass is 35.5. The van der Waals surface area contributed by atoms with Gasteiger partial charge < -0.3 is 9.47 Å². The highest BCUT2D eigenvalue weighted by Gasteiger charge is 2.32. The molecule has 1 aliphatic heterocycles. The molecule has 8 heteroatoms. The van der Waals surface area contributed by atoms with Gasteiger partial charge >= 0.3 is 5.97 Å². The van der Waals surface area contributed by atoms with E-state index >= 15 is 0 Å². The van der Waals surface area contributed by atoms with Gasteiger partial charge in [0.15, 0.2) is 0 Å². The van der Waals surface area contributed by atoms with Crippen molar-refractivity contribution in [3.05, 3.63) is 59.1 Å². The molecule has 0 radical (unpaired) electrons. The Morgan fingerprint density at radius 2 is 1.78 bits per heavy atom. The van der Waals surface area contributed by atoms with Crippen LogP contribution in [0, 0.1) is 0 Å². The lowest BCUT2D eigenvalue weighted by Crippen LogP contribution is -2.48. The lowest BCUT2D eigenvalue weighted by atomic mass is 10.2. The summed E-state index contributed by atoms with van der Waals surface area (Å²) in [5, 5.41) is 0.437. The Hall–Kier alpha value is -1.93. The summed E-state index contributed by atoms with van der Waals surface area (Å²) in [5.41, 5.74) is 0.144. The van der Waals surface area contributed by atoms with Crippen LogP contribution in [0.1, 0.15) is 24.2 Å². The number of hydrogen-bond donors (Lipinski definition) is 0. The molecule has 0 N–H and O–H groups in total. The zero-order valence-electron chi connectivity index (χ0n) is 15.0. The topological polar surface area (TPSA) is 72.9 Å². The molecule has 1 aliphatic rings. The fourth-order valence-corrected chi connectivity index (χ4v) is 4.77. The number of halogens is 1. The first-order valence-electron chi connectivity index (χ1n) is 8.49. The van der Waals surface area contributed by atoms with Crippen LogP contribution in [0.15, 0.2) is 53.4 Å². The van der Waals surface area contributed by atoms with Crippen molar-refractivity contribution in [2.45, 2.75) is 31.0 Å². The van der Waals surface area contributed by atoms with Crippen LogP contribution >= 0.6 is 11.6 Å². The number of morpholine rings is 1. The number of ether oxygens (including phenoxy) is 2. The second kappa shape index (κ2) is 7.98. The first kappa shape index (κ1) is 19.8. The van der Waals surface area contributed by atoms with E-state index in [0.717, 1.165) is 0 Å². The SMILES string of the molecule is C[C@H]1CN(S(=O)(=O)c2cccc(C(=O)Oc3cccc(Cl)c3)c2)C[C@H](C)O1. The van der Waals surface area contributed by atoms with Crippen molar-refractivity contribution in [1.82, 2.24) is 4.31 Å². The number of carbonyl (C=O) groups excluding carboxylic acids is 1. The third kappa shape index (κ3) is 4.68. The van der Waals surface area contributed by atoms with E-state index in [4.69, 9.17) is 21.1 Å². The molecule has 2 aromatic carbocycles. The van der Waals surface area contributed by atoms with Crippen LogP contribution in [-0.4, -0.2) is 44.0 Å². The quantitative estimate of drug-likeness (QED) is 0.572. The molecule has 0 unspecified atom stereocenters. The van der Waals surface area contributed by atoms with Gasteiger partial charge in [0.1, 0.15) is 5.75 Å². The van der Waals surface area contributed by atoms with E-state index in [1.165, 1.54) is 34.6 Å². The van der Waals surface area contributed by atoms with Gasteiger partial charge in [0.2, 0.25) is 10.0 Å². The van der Waals surface area contributed by atoms with Gasteiger partial charge in [-0.15, -0.1) is 0 Å². The Kier molecular flexibility index (Phi) is 5.86. The molecule has 3 rings (SSSR count). The largest absolute Gasteiger partial charge is 0.423 e. The van der Waals surface area contributed by atoms with E-state index in [0.29, 0.717) is 5.02 Å². The third-order valence-corrected chi connectivity index (χ3v) is 6.16. The predicted molar refractivity (Wildman–Crippen MR) is 102 cm³/mol. The van der Waals surface area contributed by atoms with Crippen LogP contribution in [0.25, 0.3) is 0 Å². The molecule has 1 heterocycles. The molecule has 144 valence electrons. The lowest BCUT2D eigenvalue weighted by Gasteiger charge is -2.34. The summed E-state index contributed by atoms with van der Waals surface area (Å²) >= 11 is 5.88. The van der Waals surface area contributed by atoms with Crippen LogP contribution in [0.2, 0.25) is 5.02 Å². The van der Waals surface area contributed by atoms with Crippen LogP contribution < -0.4 is 4.74 Å². The maximum atomic E-state index is 13.0. The fourth-order valence-electron chi connectivity index (χ4n) is 2.96. The second-order valence-corrected chi connectivity index (χ2v) is 8.83. The van der Waals surface area contributed by atoms with E-state index in [9.17, 15) is 13.2 Å². The Morgan fingerprint density at radius 3 is 2.44 bits per heavy atom. The van der Waals surface area contributed by atoms with Crippen molar-refractivity contribution in [3.8, 4) is 5.75 Å². The summed E-state index contributed by atoms with van der Waals surface area (Å²) in [6.07, 6.45) is -0.390. The van der Waals surface area contributed by atoms with E-state index in [-0.39, 0.29) is 41.5 Å². The molecule has 6 nitrogen and oxygen atoms in total. The van der Waals surface area contributed by atoms with Crippen molar-refractivity contribution in [3.63, 3.8) is 0 Å². The summed E-state index contributed by atoms with van der Waals surface area (Å²) in [6, 6.07) is 12.3. The van der Waals surface area contributed by atoms with Gasteiger partial charge in [-0.2, -0.15) is 4.31 Å². The van der Waals surface area contributed by atoms with Gasteiger partial charge in [-0.1, -0.05) is 23.7 Å². The maximum absolute atomic E-state index is 13.0. The van der Waals surface area contributed by atoms with Gasteiger partial charge in [-0.25, -0.2) is 13.2 Å². The Bertz CT molecular complexity index is 937. The minimum absolute atomic E-state index is 0.0457. The molecular formula is C19H20ClNO5S. The number of benzene rings is 2. The van der Waals surface area contributed by atoms with Crippen LogP contribution in [0.4, 0.5) is 0 Å². The molecule has 0 bridgehead atoms. The molecular weight excluding hydrogens is 390 g/mol. The smallest absolute Gasteiger partial charge is 0.343 e. The molecule has 1 fully saturated rings. The summed E-state index contributed by atoms with van der Waals surface area (Å²) in [6.45, 7) is 4.20. The average molecular weight is 410 g/mol. The van der Waals surface area contributed by atoms with Crippen molar-refractivity contribution in [2.24, 2.45) is 0 Å². The van der Waals surface area contributed by atoms with Crippen molar-refractivity contribution in [1.29, 1.82) is 0 Å². The number of carbonyl (C=O) groups is 1. The van der Waals surface area contributed by atoms with E-state index in [1.807, 2.05) is 13.8 Å². The first-order chi connectivity index (χ1) is 12.8. The van der Waals surface area contributed by atoms with Crippen LogP contribution in [0.3, 0.4) is 0 Å². The summed E-state index contributed by atoms with van der Waals surface area (Å²) < 4.78 is 38.2. The number of sulfonamides is 1. The standard InChI is InChI=1S/C19H20ClNO5S/c1-13-11-21(12-14(2)25-13)27(23,24)18-8-3-5-15(9-18)19(22)26-17-7-4-6-16(20)10-17/h3-10,13-14H,11-12H2,1-2H3/t13-,14-/m0/s1. The number of nitrogens with zero attached hydrogens (tertiary/aromatic N) is 1. The molecule has 0 spiro atoms. The number of rotatable bonds is 4. The zero-order valence-corrected chi connectivity index (χ0v) is 16.5. The second-order valence-electron chi connectivity index (χ2n) is 6.45. The molecule has 2 atom stereocenters. The molecule has 1 saturated heterocycles. The monoisotopic (exact) mass is 409 g/mol. The summed E-state index contributed by atoms with van der Waals surface area (Å²) in [5.74, 6) is -0.366. The normalized spacial score (nSPS) is 21.0. The maximum Gasteiger partial charge on any atom is 0.343 e. The highest BCUT2D eigenvalue weighted by molar-refractivity contribution is 7.89. The van der Waals surface area contributed by atoms with Gasteiger partial charge in [0, 0.05) is 18.1 Å². The Labute approximate surface area is 163 Å². The van der Waals surface area contributed by atoms with E-state index in [1.54, 1.807) is 18.2 Å². The first-order valence-corrected chi connectivity index (χ1v) is 10.3. The summed E-state index contributed by atoms with van der Waals surface area (Å²) in [4.78, 5) is 12.4. The van der Waals surface area contributed by atoms with Crippen molar-refractivity contribution in [2.75, 3.05) is 13.1 Å². The molecule has 2 aromatic rings. The van der Waals surface area contributed by atoms with Crippen LogP contribution in [0.5, 0.6) is 5.75 Å². The van der Waals surface area contributed by atoms with E-state index in [2.05, 4.69) is 0 Å². The van der Waals surface area contributed by atoms with Gasteiger partial charge in [-0.05, 0) is 50.2 Å². The third-order valence-electron chi connectivity index (χ3n) is 4.10. The number of hydrogen-bond acceptors (Lipinski definition) is 5. The minimum atomic E-state index is -3.74. The lowest BCUT2D eigenvalue weighted by molar-refractivity contribution is -0.0440. The summed E-state index contributed by atoms with van der Waals surface area (Å²) in [7, 11) is -3.74. The Balaban J connectivity index is 1.83. The highest BCUT2D eigenvalue weighted by Crippen LogP contribution is 2.23. The molecule has 0 aliphatic carbocycles. The zero-order chi connectivity index (χ0) is 19.6. The van der Waals surface area contributed by atoms with Gasteiger partial charge in [0.05, 0.1) is 22.7 Å². The van der Waals surface area contributed by atoms with Crippen LogP contribution in [-0.2, 0) is 14.8 Å². The molecule has 0 saturated carbocycles. The average Bonchev–Trinajstić information content (AvgIpc) is 2.61. The Morgan fingerprint density at radius 1 is 1.11 bits per heavy atom. The number of esters is 1.